The maximum absolute atomic E-state index is 5.85. The van der Waals surface area contributed by atoms with E-state index in [0.717, 1.165) is 24.5 Å². The second-order valence-electron chi connectivity index (χ2n) is 6.60. The second-order valence-corrected chi connectivity index (χ2v) is 6.60. The monoisotopic (exact) mass is 261 g/mol. The largest absolute Gasteiger partial charge is 0.354 e. The lowest BCUT2D eigenvalue weighted by atomic mass is 9.90. The number of hydrogen-bond acceptors (Lipinski definition) is 3. The van der Waals surface area contributed by atoms with Gasteiger partial charge in [0.1, 0.15) is 5.82 Å². The molecule has 3 nitrogen and oxygen atoms in total. The van der Waals surface area contributed by atoms with Gasteiger partial charge in [-0.15, -0.1) is 0 Å². The van der Waals surface area contributed by atoms with Crippen molar-refractivity contribution in [1.82, 2.24) is 4.98 Å². The van der Waals surface area contributed by atoms with Crippen LogP contribution in [-0.2, 0) is 12.0 Å². The highest BCUT2D eigenvalue weighted by molar-refractivity contribution is 5.46. The standard InChI is InChI=1S/C16H27N3/c1-5-8-19(13-6-7-13)15-10-12(11-17)9-14(18-15)16(2,3)4/h9-10,13H,5-8,11,17H2,1-4H3. The molecule has 0 aliphatic heterocycles. The molecule has 1 heterocycles. The number of aromatic nitrogens is 1. The predicted molar refractivity (Wildman–Crippen MR) is 81.5 cm³/mol. The fourth-order valence-electron chi connectivity index (χ4n) is 2.33. The van der Waals surface area contributed by atoms with Crippen molar-refractivity contribution >= 4 is 5.82 Å². The van der Waals surface area contributed by atoms with Crippen molar-refractivity contribution in [3.8, 4) is 0 Å². The molecule has 1 fully saturated rings. The van der Waals surface area contributed by atoms with Gasteiger partial charge in [-0.2, -0.15) is 0 Å². The molecule has 3 heteroatoms. The summed E-state index contributed by atoms with van der Waals surface area (Å²) in [5, 5.41) is 0. The summed E-state index contributed by atoms with van der Waals surface area (Å²) in [6, 6.07) is 5.03. The molecule has 0 spiro atoms. The first-order valence-corrected chi connectivity index (χ1v) is 7.44. The molecular weight excluding hydrogens is 234 g/mol. The number of anilines is 1. The second kappa shape index (κ2) is 5.49. The molecule has 1 saturated carbocycles. The van der Waals surface area contributed by atoms with Gasteiger partial charge < -0.3 is 10.6 Å². The van der Waals surface area contributed by atoms with Crippen molar-refractivity contribution in [2.45, 2.75) is 65.0 Å². The molecule has 0 amide bonds. The molecule has 19 heavy (non-hydrogen) atoms. The third-order valence-electron chi connectivity index (χ3n) is 3.62. The molecule has 1 aliphatic carbocycles. The van der Waals surface area contributed by atoms with Gasteiger partial charge in [0, 0.05) is 30.2 Å². The highest BCUT2D eigenvalue weighted by atomic mass is 15.2. The smallest absolute Gasteiger partial charge is 0.129 e. The van der Waals surface area contributed by atoms with E-state index in [1.54, 1.807) is 0 Å². The van der Waals surface area contributed by atoms with Crippen LogP contribution in [0.2, 0.25) is 0 Å². The van der Waals surface area contributed by atoms with E-state index in [2.05, 4.69) is 44.7 Å². The minimum atomic E-state index is 0.0708. The van der Waals surface area contributed by atoms with Gasteiger partial charge in [-0.25, -0.2) is 4.98 Å². The maximum atomic E-state index is 5.85. The van der Waals surface area contributed by atoms with Gasteiger partial charge >= 0.3 is 0 Å². The normalized spacial score (nSPS) is 15.6. The molecule has 1 aromatic rings. The van der Waals surface area contributed by atoms with Crippen LogP contribution in [-0.4, -0.2) is 17.6 Å². The average molecular weight is 261 g/mol. The van der Waals surface area contributed by atoms with Gasteiger partial charge in [-0.05, 0) is 37.0 Å². The molecule has 2 rings (SSSR count). The predicted octanol–water partition coefficient (Wildman–Crippen LogP) is 3.22. The lowest BCUT2D eigenvalue weighted by Crippen LogP contribution is -2.29. The Morgan fingerprint density at radius 2 is 2.00 bits per heavy atom. The Kier molecular flexibility index (Phi) is 4.14. The third kappa shape index (κ3) is 3.47. The Balaban J connectivity index is 2.37. The van der Waals surface area contributed by atoms with E-state index in [9.17, 15) is 0 Å². The molecule has 1 aromatic heterocycles. The summed E-state index contributed by atoms with van der Waals surface area (Å²) >= 11 is 0. The van der Waals surface area contributed by atoms with Gasteiger partial charge in [-0.3, -0.25) is 0 Å². The highest BCUT2D eigenvalue weighted by Crippen LogP contribution is 2.32. The van der Waals surface area contributed by atoms with Crippen LogP contribution in [0.5, 0.6) is 0 Å². The number of nitrogens with zero attached hydrogens (tertiary/aromatic N) is 2. The van der Waals surface area contributed by atoms with Crippen molar-refractivity contribution in [1.29, 1.82) is 0 Å². The quantitative estimate of drug-likeness (QED) is 0.885. The zero-order valence-corrected chi connectivity index (χ0v) is 12.7. The zero-order chi connectivity index (χ0) is 14.0. The summed E-state index contributed by atoms with van der Waals surface area (Å²) in [5.41, 5.74) is 8.26. The van der Waals surface area contributed by atoms with Crippen LogP contribution in [0.3, 0.4) is 0 Å². The van der Waals surface area contributed by atoms with Crippen molar-refractivity contribution in [3.63, 3.8) is 0 Å². The van der Waals surface area contributed by atoms with E-state index in [1.807, 2.05) is 0 Å². The van der Waals surface area contributed by atoms with E-state index in [4.69, 9.17) is 10.7 Å². The van der Waals surface area contributed by atoms with Crippen LogP contribution in [0.25, 0.3) is 0 Å². The molecule has 1 aliphatic rings. The molecule has 0 unspecified atom stereocenters. The van der Waals surface area contributed by atoms with Crippen LogP contribution >= 0.6 is 0 Å². The van der Waals surface area contributed by atoms with Crippen LogP contribution < -0.4 is 10.6 Å². The van der Waals surface area contributed by atoms with Crippen LogP contribution in [0.15, 0.2) is 12.1 Å². The van der Waals surface area contributed by atoms with Crippen LogP contribution in [0.4, 0.5) is 5.82 Å². The summed E-state index contributed by atoms with van der Waals surface area (Å²) in [4.78, 5) is 7.37. The molecule has 0 radical (unpaired) electrons. The van der Waals surface area contributed by atoms with Gasteiger partial charge in [-0.1, -0.05) is 27.7 Å². The van der Waals surface area contributed by atoms with Gasteiger partial charge in [0.05, 0.1) is 0 Å². The Labute approximate surface area is 117 Å². The van der Waals surface area contributed by atoms with Crippen molar-refractivity contribution in [3.05, 3.63) is 23.4 Å². The number of pyridine rings is 1. The summed E-state index contributed by atoms with van der Waals surface area (Å²) < 4.78 is 0. The molecule has 0 bridgehead atoms. The van der Waals surface area contributed by atoms with Crippen LogP contribution in [0, 0.1) is 0 Å². The fraction of sp³-hybridized carbons (Fsp3) is 0.688. The maximum Gasteiger partial charge on any atom is 0.129 e. The Hall–Kier alpha value is -1.09. The van der Waals surface area contributed by atoms with Crippen molar-refractivity contribution < 1.29 is 0 Å². The molecule has 0 atom stereocenters. The average Bonchev–Trinajstić information content (AvgIpc) is 3.18. The van der Waals surface area contributed by atoms with Crippen molar-refractivity contribution in [2.24, 2.45) is 5.73 Å². The van der Waals surface area contributed by atoms with E-state index < -0.39 is 0 Å². The SMILES string of the molecule is CCCN(c1cc(CN)cc(C(C)(C)C)n1)C1CC1. The molecular formula is C16H27N3. The lowest BCUT2D eigenvalue weighted by Gasteiger charge is -2.26. The highest BCUT2D eigenvalue weighted by Gasteiger charge is 2.30. The van der Waals surface area contributed by atoms with E-state index in [1.165, 1.54) is 18.4 Å². The Morgan fingerprint density at radius 1 is 1.32 bits per heavy atom. The van der Waals surface area contributed by atoms with E-state index in [-0.39, 0.29) is 5.41 Å². The summed E-state index contributed by atoms with van der Waals surface area (Å²) in [6.45, 7) is 10.5. The van der Waals surface area contributed by atoms with Crippen molar-refractivity contribution in [2.75, 3.05) is 11.4 Å². The third-order valence-corrected chi connectivity index (χ3v) is 3.62. The molecule has 0 aromatic carbocycles. The molecule has 106 valence electrons. The minimum Gasteiger partial charge on any atom is -0.354 e. The Bertz CT molecular complexity index is 430. The zero-order valence-electron chi connectivity index (χ0n) is 12.7. The summed E-state index contributed by atoms with van der Waals surface area (Å²) in [7, 11) is 0. The minimum absolute atomic E-state index is 0.0708. The van der Waals surface area contributed by atoms with Gasteiger partial charge in [0.25, 0.3) is 0 Å². The number of hydrogen-bond donors (Lipinski definition) is 1. The first kappa shape index (κ1) is 14.3. The first-order chi connectivity index (χ1) is 8.95. The van der Waals surface area contributed by atoms with E-state index in [0.29, 0.717) is 12.6 Å². The number of nitrogens with two attached hydrogens (primary N) is 1. The first-order valence-electron chi connectivity index (χ1n) is 7.44. The molecule has 2 N–H and O–H groups in total. The Morgan fingerprint density at radius 3 is 2.47 bits per heavy atom. The lowest BCUT2D eigenvalue weighted by molar-refractivity contribution is 0.565. The van der Waals surface area contributed by atoms with Crippen LogP contribution in [0.1, 0.15) is 58.2 Å². The molecule has 0 saturated heterocycles. The fourth-order valence-corrected chi connectivity index (χ4v) is 2.33. The van der Waals surface area contributed by atoms with Gasteiger partial charge in [0.15, 0.2) is 0 Å². The van der Waals surface area contributed by atoms with Gasteiger partial charge in [0.2, 0.25) is 0 Å². The topological polar surface area (TPSA) is 42.1 Å². The van der Waals surface area contributed by atoms with E-state index >= 15 is 0 Å². The summed E-state index contributed by atoms with van der Waals surface area (Å²) in [5.74, 6) is 1.12. The number of rotatable bonds is 5. The summed E-state index contributed by atoms with van der Waals surface area (Å²) in [6.07, 6.45) is 3.77.